The van der Waals surface area contributed by atoms with Gasteiger partial charge in [-0.3, -0.25) is 9.48 Å². The van der Waals surface area contributed by atoms with E-state index in [1.54, 1.807) is 19.3 Å². The molecule has 6 nitrogen and oxygen atoms in total. The summed E-state index contributed by atoms with van der Waals surface area (Å²) in [6, 6.07) is 5.56. The number of hydrogen-bond donors (Lipinski definition) is 1. The van der Waals surface area contributed by atoms with Crippen molar-refractivity contribution >= 4 is 17.6 Å². The van der Waals surface area contributed by atoms with Crippen molar-refractivity contribution in [2.75, 3.05) is 12.4 Å². The Bertz CT molecular complexity index is 704. The second-order valence-corrected chi connectivity index (χ2v) is 4.83. The van der Waals surface area contributed by atoms with Crippen molar-refractivity contribution in [1.82, 2.24) is 9.78 Å². The lowest BCUT2D eigenvalue weighted by atomic mass is 10.1. The molecular weight excluding hydrogens is 270 g/mol. The maximum absolute atomic E-state index is 12.3. The molecule has 21 heavy (non-hydrogen) atoms. The predicted molar refractivity (Wildman–Crippen MR) is 78.4 cm³/mol. The van der Waals surface area contributed by atoms with Crippen LogP contribution in [0.2, 0.25) is 0 Å². The summed E-state index contributed by atoms with van der Waals surface area (Å²) in [7, 11) is 2.94. The third kappa shape index (κ3) is 3.10. The molecule has 0 bridgehead atoms. The molecule has 0 saturated carbocycles. The van der Waals surface area contributed by atoms with Crippen LogP contribution >= 0.6 is 0 Å². The Hall–Kier alpha value is -2.63. The van der Waals surface area contributed by atoms with Gasteiger partial charge in [0.2, 0.25) is 0 Å². The molecule has 0 radical (unpaired) electrons. The molecule has 2 aromatic rings. The third-order valence-electron chi connectivity index (χ3n) is 3.08. The number of aryl methyl sites for hydroxylation is 3. The summed E-state index contributed by atoms with van der Waals surface area (Å²) in [6.45, 7) is 3.83. The fourth-order valence-corrected chi connectivity index (χ4v) is 2.09. The number of hydrogen-bond acceptors (Lipinski definition) is 4. The SMILES string of the molecule is COC(=O)c1nn(C)cc1NC(=O)c1ccc(C)cc1C. The summed E-state index contributed by atoms with van der Waals surface area (Å²) in [5.74, 6) is -0.878. The molecular formula is C15H17N3O3. The van der Waals surface area contributed by atoms with Gasteiger partial charge in [0, 0.05) is 18.8 Å². The number of carbonyl (C=O) groups excluding carboxylic acids is 2. The fraction of sp³-hybridized carbons (Fsp3) is 0.267. The Morgan fingerprint density at radius 3 is 2.62 bits per heavy atom. The van der Waals surface area contributed by atoms with Crippen LogP contribution < -0.4 is 5.32 Å². The highest BCUT2D eigenvalue weighted by molar-refractivity contribution is 6.08. The van der Waals surface area contributed by atoms with Crippen molar-refractivity contribution in [2.24, 2.45) is 7.05 Å². The van der Waals surface area contributed by atoms with Gasteiger partial charge in [0.05, 0.1) is 12.8 Å². The monoisotopic (exact) mass is 287 g/mol. The molecule has 1 aromatic carbocycles. The van der Waals surface area contributed by atoms with Crippen LogP contribution in [0.3, 0.4) is 0 Å². The summed E-state index contributed by atoms with van der Waals surface area (Å²) in [6.07, 6.45) is 1.56. The summed E-state index contributed by atoms with van der Waals surface area (Å²) >= 11 is 0. The predicted octanol–water partition coefficient (Wildman–Crippen LogP) is 2.08. The highest BCUT2D eigenvalue weighted by atomic mass is 16.5. The molecule has 1 aromatic heterocycles. The Kier molecular flexibility index (Phi) is 4.07. The zero-order valence-corrected chi connectivity index (χ0v) is 12.4. The van der Waals surface area contributed by atoms with Crippen LogP contribution in [0.25, 0.3) is 0 Å². The third-order valence-corrected chi connectivity index (χ3v) is 3.08. The lowest BCUT2D eigenvalue weighted by Crippen LogP contribution is -2.15. The second kappa shape index (κ2) is 5.78. The molecule has 1 heterocycles. The van der Waals surface area contributed by atoms with E-state index in [4.69, 9.17) is 0 Å². The minimum Gasteiger partial charge on any atom is -0.464 e. The van der Waals surface area contributed by atoms with E-state index in [2.05, 4.69) is 15.2 Å². The summed E-state index contributed by atoms with van der Waals surface area (Å²) < 4.78 is 6.10. The van der Waals surface area contributed by atoms with E-state index < -0.39 is 5.97 Å². The molecule has 0 aliphatic carbocycles. The van der Waals surface area contributed by atoms with Gasteiger partial charge in [0.15, 0.2) is 5.69 Å². The van der Waals surface area contributed by atoms with Crippen LogP contribution in [-0.2, 0) is 11.8 Å². The van der Waals surface area contributed by atoms with Crippen molar-refractivity contribution in [3.05, 3.63) is 46.8 Å². The van der Waals surface area contributed by atoms with Crippen molar-refractivity contribution < 1.29 is 14.3 Å². The molecule has 6 heteroatoms. The topological polar surface area (TPSA) is 73.2 Å². The van der Waals surface area contributed by atoms with Gasteiger partial charge in [-0.1, -0.05) is 17.7 Å². The first-order chi connectivity index (χ1) is 9.92. The van der Waals surface area contributed by atoms with E-state index in [0.29, 0.717) is 11.3 Å². The Labute approximate surface area is 122 Å². The van der Waals surface area contributed by atoms with Crippen LogP contribution in [0, 0.1) is 13.8 Å². The molecule has 2 rings (SSSR count). The lowest BCUT2D eigenvalue weighted by molar-refractivity contribution is 0.0594. The maximum Gasteiger partial charge on any atom is 0.360 e. The van der Waals surface area contributed by atoms with E-state index in [9.17, 15) is 9.59 Å². The molecule has 1 N–H and O–H groups in total. The normalized spacial score (nSPS) is 10.3. The molecule has 0 aliphatic heterocycles. The number of nitrogens with zero attached hydrogens (tertiary/aromatic N) is 2. The van der Waals surface area contributed by atoms with Crippen LogP contribution in [0.1, 0.15) is 32.0 Å². The number of aromatic nitrogens is 2. The number of rotatable bonds is 3. The number of anilines is 1. The smallest absolute Gasteiger partial charge is 0.360 e. The molecule has 1 amide bonds. The van der Waals surface area contributed by atoms with E-state index in [1.165, 1.54) is 11.8 Å². The van der Waals surface area contributed by atoms with Gasteiger partial charge in [-0.25, -0.2) is 4.79 Å². The molecule has 0 spiro atoms. The van der Waals surface area contributed by atoms with Crippen LogP contribution in [-0.4, -0.2) is 28.8 Å². The Balaban J connectivity index is 2.29. The first-order valence-electron chi connectivity index (χ1n) is 6.43. The summed E-state index contributed by atoms with van der Waals surface area (Å²) in [5.41, 5.74) is 2.92. The Morgan fingerprint density at radius 1 is 1.29 bits per heavy atom. The van der Waals surface area contributed by atoms with Gasteiger partial charge < -0.3 is 10.1 Å². The molecule has 110 valence electrons. The minimum absolute atomic E-state index is 0.0816. The van der Waals surface area contributed by atoms with Crippen LogP contribution in [0.4, 0.5) is 5.69 Å². The highest BCUT2D eigenvalue weighted by Crippen LogP contribution is 2.17. The van der Waals surface area contributed by atoms with Crippen molar-refractivity contribution in [2.45, 2.75) is 13.8 Å². The maximum atomic E-state index is 12.3. The summed E-state index contributed by atoms with van der Waals surface area (Å²) in [4.78, 5) is 23.9. The standard InChI is InChI=1S/C15H17N3O3/c1-9-5-6-11(10(2)7-9)14(19)16-12-8-18(3)17-13(12)15(20)21-4/h5-8H,1-4H3,(H,16,19). The highest BCUT2D eigenvalue weighted by Gasteiger charge is 2.19. The zero-order chi connectivity index (χ0) is 15.6. The van der Waals surface area contributed by atoms with Gasteiger partial charge in [-0.2, -0.15) is 5.10 Å². The number of nitrogens with one attached hydrogen (secondary N) is 1. The Morgan fingerprint density at radius 2 is 2.00 bits per heavy atom. The summed E-state index contributed by atoms with van der Waals surface area (Å²) in [5, 5.41) is 6.69. The number of benzene rings is 1. The van der Waals surface area contributed by atoms with Gasteiger partial charge in [-0.05, 0) is 25.5 Å². The molecule has 0 atom stereocenters. The second-order valence-electron chi connectivity index (χ2n) is 4.83. The number of ether oxygens (including phenoxy) is 1. The molecule has 0 fully saturated rings. The molecule has 0 unspecified atom stereocenters. The van der Waals surface area contributed by atoms with Gasteiger partial charge in [0.25, 0.3) is 5.91 Å². The quantitative estimate of drug-likeness (QED) is 0.877. The average molecular weight is 287 g/mol. The van der Waals surface area contributed by atoms with Crippen LogP contribution in [0.15, 0.2) is 24.4 Å². The van der Waals surface area contributed by atoms with E-state index in [0.717, 1.165) is 11.1 Å². The number of esters is 1. The van der Waals surface area contributed by atoms with E-state index in [1.807, 2.05) is 26.0 Å². The zero-order valence-electron chi connectivity index (χ0n) is 12.4. The first kappa shape index (κ1) is 14.8. The van der Waals surface area contributed by atoms with Crippen LogP contribution in [0.5, 0.6) is 0 Å². The van der Waals surface area contributed by atoms with Crippen molar-refractivity contribution in [3.8, 4) is 0 Å². The number of amides is 1. The van der Waals surface area contributed by atoms with Gasteiger partial charge in [-0.15, -0.1) is 0 Å². The number of carbonyl (C=O) groups is 2. The lowest BCUT2D eigenvalue weighted by Gasteiger charge is -2.07. The number of methoxy groups -OCH3 is 1. The first-order valence-corrected chi connectivity index (χ1v) is 6.43. The van der Waals surface area contributed by atoms with E-state index >= 15 is 0 Å². The molecule has 0 saturated heterocycles. The average Bonchev–Trinajstić information content (AvgIpc) is 2.78. The molecule has 0 aliphatic rings. The minimum atomic E-state index is -0.591. The van der Waals surface area contributed by atoms with Crippen molar-refractivity contribution in [3.63, 3.8) is 0 Å². The van der Waals surface area contributed by atoms with Gasteiger partial charge >= 0.3 is 5.97 Å². The van der Waals surface area contributed by atoms with Gasteiger partial charge in [0.1, 0.15) is 0 Å². The van der Waals surface area contributed by atoms with E-state index in [-0.39, 0.29) is 11.6 Å². The fourth-order valence-electron chi connectivity index (χ4n) is 2.09. The van der Waals surface area contributed by atoms with Crippen molar-refractivity contribution in [1.29, 1.82) is 0 Å². The largest absolute Gasteiger partial charge is 0.464 e.